The predicted molar refractivity (Wildman–Crippen MR) is 90.0 cm³/mol. The zero-order chi connectivity index (χ0) is 16.7. The van der Waals surface area contributed by atoms with Gasteiger partial charge >= 0.3 is 0 Å². The van der Waals surface area contributed by atoms with E-state index in [4.69, 9.17) is 10.00 Å². The van der Waals surface area contributed by atoms with Gasteiger partial charge in [0.2, 0.25) is 0 Å². The average molecular weight is 312 g/mol. The van der Waals surface area contributed by atoms with Gasteiger partial charge in [0.1, 0.15) is 5.75 Å². The zero-order valence-electron chi connectivity index (χ0n) is 14.1. The molecule has 23 heavy (non-hydrogen) atoms. The molecule has 0 bridgehead atoms. The van der Waals surface area contributed by atoms with Crippen LogP contribution in [0.15, 0.2) is 24.3 Å². The van der Waals surface area contributed by atoms with Crippen LogP contribution < -0.4 is 10.1 Å². The fourth-order valence-corrected chi connectivity index (χ4v) is 2.49. The molecule has 5 nitrogen and oxygen atoms in total. The van der Waals surface area contributed by atoms with E-state index in [0.29, 0.717) is 13.0 Å². The first-order valence-corrected chi connectivity index (χ1v) is 7.90. The van der Waals surface area contributed by atoms with Crippen LogP contribution in [-0.2, 0) is 20.1 Å². The van der Waals surface area contributed by atoms with Crippen molar-refractivity contribution in [2.75, 3.05) is 6.61 Å². The minimum atomic E-state index is 0.533. The SMILES string of the molecule is Cc1nn(C)c(C)c1CNCc1cccc(OCCCC#N)c1. The highest BCUT2D eigenvalue weighted by molar-refractivity contribution is 5.29. The first kappa shape index (κ1) is 17.0. The van der Waals surface area contributed by atoms with Crippen LogP contribution in [0.25, 0.3) is 0 Å². The van der Waals surface area contributed by atoms with Gasteiger partial charge in [-0.15, -0.1) is 0 Å². The molecule has 0 atom stereocenters. The second kappa shape index (κ2) is 8.35. The summed E-state index contributed by atoms with van der Waals surface area (Å²) in [5.41, 5.74) is 4.72. The molecular formula is C18H24N4O. The van der Waals surface area contributed by atoms with Crippen LogP contribution in [-0.4, -0.2) is 16.4 Å². The predicted octanol–water partition coefficient (Wildman–Crippen LogP) is 3.01. The van der Waals surface area contributed by atoms with Crippen molar-refractivity contribution in [1.29, 1.82) is 5.26 Å². The van der Waals surface area contributed by atoms with Crippen LogP contribution in [0.3, 0.4) is 0 Å². The Kier molecular flexibility index (Phi) is 6.19. The summed E-state index contributed by atoms with van der Waals surface area (Å²) in [6.07, 6.45) is 1.30. The molecule has 0 radical (unpaired) electrons. The first-order valence-electron chi connectivity index (χ1n) is 7.90. The molecule has 0 unspecified atom stereocenters. The highest BCUT2D eigenvalue weighted by Gasteiger charge is 2.08. The molecule has 122 valence electrons. The lowest BCUT2D eigenvalue weighted by atomic mass is 10.1. The second-order valence-electron chi connectivity index (χ2n) is 5.63. The standard InChI is InChI=1S/C18H24N4O/c1-14-18(15(2)22(3)21-14)13-20-12-16-7-6-8-17(11-16)23-10-5-4-9-19/h6-8,11,20H,4-5,10,12-13H2,1-3H3. The van der Waals surface area contributed by atoms with Crippen LogP contribution in [0, 0.1) is 25.2 Å². The van der Waals surface area contributed by atoms with Gasteiger partial charge in [-0.05, 0) is 38.0 Å². The molecule has 1 aromatic heterocycles. The number of aromatic nitrogens is 2. The molecule has 2 aromatic rings. The maximum atomic E-state index is 8.52. The molecule has 5 heteroatoms. The summed E-state index contributed by atoms with van der Waals surface area (Å²) in [5.74, 6) is 0.857. The second-order valence-corrected chi connectivity index (χ2v) is 5.63. The average Bonchev–Trinajstić information content (AvgIpc) is 2.78. The molecule has 2 rings (SSSR count). The largest absolute Gasteiger partial charge is 0.494 e. The maximum absolute atomic E-state index is 8.52. The molecular weight excluding hydrogens is 288 g/mol. The molecule has 1 aromatic carbocycles. The van der Waals surface area contributed by atoms with Crippen LogP contribution >= 0.6 is 0 Å². The smallest absolute Gasteiger partial charge is 0.119 e. The Labute approximate surface area is 137 Å². The van der Waals surface area contributed by atoms with Gasteiger partial charge in [0.25, 0.3) is 0 Å². The Bertz CT molecular complexity index is 685. The Morgan fingerprint density at radius 2 is 2.13 bits per heavy atom. The summed E-state index contributed by atoms with van der Waals surface area (Å²) in [5, 5.41) is 16.4. The van der Waals surface area contributed by atoms with Crippen molar-refractivity contribution >= 4 is 0 Å². The minimum Gasteiger partial charge on any atom is -0.494 e. The number of nitrogens with one attached hydrogen (secondary N) is 1. The molecule has 0 aliphatic heterocycles. The number of ether oxygens (including phenoxy) is 1. The summed E-state index contributed by atoms with van der Waals surface area (Å²) < 4.78 is 7.58. The Hall–Kier alpha value is -2.32. The summed E-state index contributed by atoms with van der Waals surface area (Å²) in [4.78, 5) is 0. The number of hydrogen-bond acceptors (Lipinski definition) is 4. The number of benzene rings is 1. The van der Waals surface area contributed by atoms with E-state index in [2.05, 4.69) is 29.5 Å². The van der Waals surface area contributed by atoms with Gasteiger partial charge in [-0.1, -0.05) is 12.1 Å². The quantitative estimate of drug-likeness (QED) is 0.761. The Morgan fingerprint density at radius 3 is 2.83 bits per heavy atom. The third kappa shape index (κ3) is 4.83. The van der Waals surface area contributed by atoms with Crippen LogP contribution in [0.1, 0.15) is 35.4 Å². The zero-order valence-corrected chi connectivity index (χ0v) is 14.1. The molecule has 0 aliphatic rings. The van der Waals surface area contributed by atoms with Crippen molar-refractivity contribution in [2.45, 2.75) is 39.8 Å². The number of unbranched alkanes of at least 4 members (excludes halogenated alkanes) is 1. The van der Waals surface area contributed by atoms with Gasteiger partial charge in [0.05, 0.1) is 18.4 Å². The summed E-state index contributed by atoms with van der Waals surface area (Å²) in [6.45, 7) is 6.30. The molecule has 1 N–H and O–H groups in total. The summed E-state index contributed by atoms with van der Waals surface area (Å²) in [6, 6.07) is 10.2. The molecule has 0 amide bonds. The van der Waals surface area contributed by atoms with E-state index in [1.165, 1.54) is 16.8 Å². The first-order chi connectivity index (χ1) is 11.1. The number of nitrogens with zero attached hydrogens (tertiary/aromatic N) is 3. The molecule has 1 heterocycles. The lowest BCUT2D eigenvalue weighted by molar-refractivity contribution is 0.312. The molecule has 0 fully saturated rings. The summed E-state index contributed by atoms with van der Waals surface area (Å²) >= 11 is 0. The monoisotopic (exact) mass is 312 g/mol. The van der Waals surface area contributed by atoms with E-state index in [0.717, 1.165) is 31.0 Å². The molecule has 0 saturated heterocycles. The third-order valence-corrected chi connectivity index (χ3v) is 3.89. The molecule has 0 saturated carbocycles. The number of aryl methyl sites for hydroxylation is 2. The maximum Gasteiger partial charge on any atom is 0.119 e. The van der Waals surface area contributed by atoms with Crippen molar-refractivity contribution in [2.24, 2.45) is 7.05 Å². The number of rotatable bonds is 8. The van der Waals surface area contributed by atoms with E-state index >= 15 is 0 Å². The molecule has 0 aliphatic carbocycles. The van der Waals surface area contributed by atoms with Gasteiger partial charge in [0, 0.05) is 37.8 Å². The Balaban J connectivity index is 1.85. The van der Waals surface area contributed by atoms with E-state index in [9.17, 15) is 0 Å². The normalized spacial score (nSPS) is 10.5. The molecule has 0 spiro atoms. The minimum absolute atomic E-state index is 0.533. The van der Waals surface area contributed by atoms with Crippen molar-refractivity contribution in [3.8, 4) is 11.8 Å². The topological polar surface area (TPSA) is 62.9 Å². The van der Waals surface area contributed by atoms with Crippen molar-refractivity contribution in [3.05, 3.63) is 46.8 Å². The highest BCUT2D eigenvalue weighted by atomic mass is 16.5. The van der Waals surface area contributed by atoms with Crippen LogP contribution in [0.5, 0.6) is 5.75 Å². The van der Waals surface area contributed by atoms with Gasteiger partial charge in [-0.2, -0.15) is 10.4 Å². The van der Waals surface area contributed by atoms with Crippen LogP contribution in [0.2, 0.25) is 0 Å². The van der Waals surface area contributed by atoms with E-state index in [-0.39, 0.29) is 0 Å². The third-order valence-electron chi connectivity index (χ3n) is 3.89. The van der Waals surface area contributed by atoms with Crippen molar-refractivity contribution < 1.29 is 4.74 Å². The highest BCUT2D eigenvalue weighted by Crippen LogP contribution is 2.15. The summed E-state index contributed by atoms with van der Waals surface area (Å²) in [7, 11) is 1.97. The fraction of sp³-hybridized carbons (Fsp3) is 0.444. The van der Waals surface area contributed by atoms with Gasteiger partial charge in [-0.3, -0.25) is 4.68 Å². The van der Waals surface area contributed by atoms with Gasteiger partial charge in [-0.25, -0.2) is 0 Å². The number of nitriles is 1. The van der Waals surface area contributed by atoms with E-state index < -0.39 is 0 Å². The Morgan fingerprint density at radius 1 is 1.30 bits per heavy atom. The van der Waals surface area contributed by atoms with Crippen LogP contribution in [0.4, 0.5) is 0 Å². The van der Waals surface area contributed by atoms with Crippen molar-refractivity contribution in [1.82, 2.24) is 15.1 Å². The lowest BCUT2D eigenvalue weighted by Gasteiger charge is -2.09. The number of hydrogen-bond donors (Lipinski definition) is 1. The van der Waals surface area contributed by atoms with Gasteiger partial charge < -0.3 is 10.1 Å². The van der Waals surface area contributed by atoms with E-state index in [1.807, 2.05) is 36.9 Å². The van der Waals surface area contributed by atoms with E-state index in [1.54, 1.807) is 0 Å². The van der Waals surface area contributed by atoms with Gasteiger partial charge in [0.15, 0.2) is 0 Å². The fourth-order valence-electron chi connectivity index (χ4n) is 2.49. The lowest BCUT2D eigenvalue weighted by Crippen LogP contribution is -2.14. The van der Waals surface area contributed by atoms with Crippen molar-refractivity contribution in [3.63, 3.8) is 0 Å².